The van der Waals surface area contributed by atoms with E-state index in [4.69, 9.17) is 0 Å². The third-order valence-electron chi connectivity index (χ3n) is 2.03. The van der Waals surface area contributed by atoms with Gasteiger partial charge in [0.25, 0.3) is 0 Å². The zero-order valence-corrected chi connectivity index (χ0v) is 8.90. The Labute approximate surface area is 79.0 Å². The standard InChI is InChI=1S/C11H16FN/c1-7-6-9(12)10(8(2)13-7)11(3,4)5/h6H,1-5H3. The van der Waals surface area contributed by atoms with E-state index in [0.29, 0.717) is 0 Å². The summed E-state index contributed by atoms with van der Waals surface area (Å²) in [6, 6.07) is 1.49. The van der Waals surface area contributed by atoms with Crippen molar-refractivity contribution in [2.24, 2.45) is 0 Å². The summed E-state index contributed by atoms with van der Waals surface area (Å²) in [6.07, 6.45) is 0. The Morgan fingerprint density at radius 3 is 2.15 bits per heavy atom. The molecule has 0 N–H and O–H groups in total. The maximum atomic E-state index is 13.6. The van der Waals surface area contributed by atoms with Gasteiger partial charge in [-0.1, -0.05) is 20.8 Å². The van der Waals surface area contributed by atoms with Crippen molar-refractivity contribution in [3.05, 3.63) is 28.8 Å². The highest BCUT2D eigenvalue weighted by atomic mass is 19.1. The monoisotopic (exact) mass is 181 g/mol. The van der Waals surface area contributed by atoms with Crippen LogP contribution >= 0.6 is 0 Å². The number of nitrogens with zero attached hydrogens (tertiary/aromatic N) is 1. The fourth-order valence-electron chi connectivity index (χ4n) is 1.68. The molecule has 0 amide bonds. The Morgan fingerprint density at radius 1 is 1.23 bits per heavy atom. The maximum Gasteiger partial charge on any atom is 0.130 e. The molecule has 0 saturated carbocycles. The van der Waals surface area contributed by atoms with E-state index in [0.717, 1.165) is 17.0 Å². The molecule has 0 atom stereocenters. The molecule has 0 unspecified atom stereocenters. The first-order chi connectivity index (χ1) is 5.82. The fourth-order valence-corrected chi connectivity index (χ4v) is 1.68. The highest BCUT2D eigenvalue weighted by Gasteiger charge is 2.21. The van der Waals surface area contributed by atoms with Gasteiger partial charge in [0.05, 0.1) is 0 Å². The summed E-state index contributed by atoms with van der Waals surface area (Å²) >= 11 is 0. The lowest BCUT2D eigenvalue weighted by Crippen LogP contribution is -2.17. The quantitative estimate of drug-likeness (QED) is 0.599. The summed E-state index contributed by atoms with van der Waals surface area (Å²) in [7, 11) is 0. The molecule has 1 nitrogen and oxygen atoms in total. The Bertz CT molecular complexity index is 300. The third kappa shape index (κ3) is 2.06. The van der Waals surface area contributed by atoms with Gasteiger partial charge in [0, 0.05) is 17.0 Å². The van der Waals surface area contributed by atoms with Crippen molar-refractivity contribution in [3.8, 4) is 0 Å². The zero-order valence-electron chi connectivity index (χ0n) is 8.90. The van der Waals surface area contributed by atoms with Gasteiger partial charge in [0.2, 0.25) is 0 Å². The Balaban J connectivity index is 3.38. The number of aryl methyl sites for hydroxylation is 2. The largest absolute Gasteiger partial charge is 0.258 e. The molecular weight excluding hydrogens is 165 g/mol. The molecule has 1 aromatic rings. The SMILES string of the molecule is Cc1cc(F)c(C(C)(C)C)c(C)n1. The van der Waals surface area contributed by atoms with Crippen molar-refractivity contribution >= 4 is 0 Å². The summed E-state index contributed by atoms with van der Waals surface area (Å²) in [5, 5.41) is 0. The van der Waals surface area contributed by atoms with Crippen LogP contribution in [0.3, 0.4) is 0 Å². The van der Waals surface area contributed by atoms with Gasteiger partial charge in [-0.2, -0.15) is 0 Å². The Morgan fingerprint density at radius 2 is 1.77 bits per heavy atom. The molecule has 1 aromatic heterocycles. The minimum absolute atomic E-state index is 0.141. The molecule has 0 aliphatic carbocycles. The van der Waals surface area contributed by atoms with Gasteiger partial charge in [-0.25, -0.2) is 4.39 Å². The van der Waals surface area contributed by atoms with E-state index >= 15 is 0 Å². The second-order valence-electron chi connectivity index (χ2n) is 4.46. The van der Waals surface area contributed by atoms with E-state index in [2.05, 4.69) is 4.98 Å². The van der Waals surface area contributed by atoms with Gasteiger partial charge >= 0.3 is 0 Å². The lowest BCUT2D eigenvalue weighted by molar-refractivity contribution is 0.513. The van der Waals surface area contributed by atoms with Crippen LogP contribution in [0.1, 0.15) is 37.7 Å². The first-order valence-electron chi connectivity index (χ1n) is 4.46. The molecule has 72 valence electrons. The highest BCUT2D eigenvalue weighted by Crippen LogP contribution is 2.27. The number of halogens is 1. The van der Waals surface area contributed by atoms with Crippen molar-refractivity contribution in [1.82, 2.24) is 4.98 Å². The van der Waals surface area contributed by atoms with Crippen molar-refractivity contribution in [2.45, 2.75) is 40.0 Å². The van der Waals surface area contributed by atoms with E-state index in [-0.39, 0.29) is 11.2 Å². The molecule has 0 bridgehead atoms. The van der Waals surface area contributed by atoms with Gasteiger partial charge in [0.15, 0.2) is 0 Å². The molecule has 2 heteroatoms. The van der Waals surface area contributed by atoms with Gasteiger partial charge in [0.1, 0.15) is 5.82 Å². The van der Waals surface area contributed by atoms with Crippen molar-refractivity contribution in [3.63, 3.8) is 0 Å². The fraction of sp³-hybridized carbons (Fsp3) is 0.545. The molecule has 0 saturated heterocycles. The summed E-state index contributed by atoms with van der Waals surface area (Å²) in [4.78, 5) is 4.26. The molecule has 1 heterocycles. The van der Waals surface area contributed by atoms with Gasteiger partial charge in [-0.3, -0.25) is 4.98 Å². The number of pyridine rings is 1. The van der Waals surface area contributed by atoms with Gasteiger partial charge in [-0.15, -0.1) is 0 Å². The second-order valence-corrected chi connectivity index (χ2v) is 4.46. The highest BCUT2D eigenvalue weighted by molar-refractivity contribution is 5.29. The summed E-state index contributed by atoms with van der Waals surface area (Å²) < 4.78 is 13.6. The third-order valence-corrected chi connectivity index (χ3v) is 2.03. The summed E-state index contributed by atoms with van der Waals surface area (Å²) in [5.41, 5.74) is 2.08. The van der Waals surface area contributed by atoms with Gasteiger partial charge in [-0.05, 0) is 25.3 Å². The molecular formula is C11H16FN. The van der Waals surface area contributed by atoms with Crippen LogP contribution in [0.5, 0.6) is 0 Å². The van der Waals surface area contributed by atoms with E-state index in [1.807, 2.05) is 34.6 Å². The lowest BCUT2D eigenvalue weighted by Gasteiger charge is -2.21. The van der Waals surface area contributed by atoms with Crippen LogP contribution < -0.4 is 0 Å². The average molecular weight is 181 g/mol. The number of hydrogen-bond donors (Lipinski definition) is 0. The normalized spacial score (nSPS) is 11.8. The minimum atomic E-state index is -0.172. The predicted octanol–water partition coefficient (Wildman–Crippen LogP) is 3.14. The van der Waals surface area contributed by atoms with Crippen LogP contribution in [0.15, 0.2) is 6.07 Å². The topological polar surface area (TPSA) is 12.9 Å². The van der Waals surface area contributed by atoms with Gasteiger partial charge < -0.3 is 0 Å². The molecule has 0 aliphatic rings. The summed E-state index contributed by atoms with van der Waals surface area (Å²) in [6.45, 7) is 9.65. The maximum absolute atomic E-state index is 13.6. The zero-order chi connectivity index (χ0) is 10.2. The second kappa shape index (κ2) is 3.09. The first kappa shape index (κ1) is 10.2. The average Bonchev–Trinajstić information content (AvgIpc) is 1.78. The molecule has 0 radical (unpaired) electrons. The molecule has 0 aliphatic heterocycles. The first-order valence-corrected chi connectivity index (χ1v) is 4.46. The molecule has 0 spiro atoms. The van der Waals surface area contributed by atoms with Crippen molar-refractivity contribution < 1.29 is 4.39 Å². The molecule has 13 heavy (non-hydrogen) atoms. The Kier molecular flexibility index (Phi) is 2.42. The Hall–Kier alpha value is -0.920. The molecule has 1 rings (SSSR count). The van der Waals surface area contributed by atoms with E-state index < -0.39 is 0 Å². The van der Waals surface area contributed by atoms with Crippen molar-refractivity contribution in [2.75, 3.05) is 0 Å². The van der Waals surface area contributed by atoms with Crippen LogP contribution in [0.2, 0.25) is 0 Å². The van der Waals surface area contributed by atoms with Crippen LogP contribution in [-0.4, -0.2) is 4.98 Å². The molecule has 0 fully saturated rings. The van der Waals surface area contributed by atoms with E-state index in [1.54, 1.807) is 0 Å². The smallest absolute Gasteiger partial charge is 0.130 e. The van der Waals surface area contributed by atoms with Crippen LogP contribution in [0.25, 0.3) is 0 Å². The van der Waals surface area contributed by atoms with E-state index in [1.165, 1.54) is 6.07 Å². The van der Waals surface area contributed by atoms with Crippen molar-refractivity contribution in [1.29, 1.82) is 0 Å². The lowest BCUT2D eigenvalue weighted by atomic mass is 9.85. The number of aromatic nitrogens is 1. The van der Waals surface area contributed by atoms with Crippen LogP contribution in [0.4, 0.5) is 4.39 Å². The number of hydrogen-bond acceptors (Lipinski definition) is 1. The number of rotatable bonds is 0. The van der Waals surface area contributed by atoms with Crippen LogP contribution in [0, 0.1) is 19.7 Å². The molecule has 0 aromatic carbocycles. The van der Waals surface area contributed by atoms with Crippen LogP contribution in [-0.2, 0) is 5.41 Å². The predicted molar refractivity (Wildman–Crippen MR) is 52.4 cm³/mol. The summed E-state index contributed by atoms with van der Waals surface area (Å²) in [5.74, 6) is -0.141. The minimum Gasteiger partial charge on any atom is -0.258 e. The van der Waals surface area contributed by atoms with E-state index in [9.17, 15) is 4.39 Å².